The Bertz CT molecular complexity index is 496. The van der Waals surface area contributed by atoms with Crippen molar-refractivity contribution in [3.05, 3.63) is 29.6 Å². The van der Waals surface area contributed by atoms with Crippen molar-refractivity contribution in [3.8, 4) is 0 Å². The second kappa shape index (κ2) is 4.71. The van der Waals surface area contributed by atoms with Gasteiger partial charge in [0, 0.05) is 38.4 Å². The zero-order valence-electron chi connectivity index (χ0n) is 10.8. The van der Waals surface area contributed by atoms with Crippen molar-refractivity contribution in [2.75, 3.05) is 33.2 Å². The maximum Gasteiger partial charge on any atom is 0.280 e. The van der Waals surface area contributed by atoms with Gasteiger partial charge in [-0.15, -0.1) is 0 Å². The minimum atomic E-state index is -0.278. The Morgan fingerprint density at radius 1 is 1.42 bits per heavy atom. The van der Waals surface area contributed by atoms with Crippen molar-refractivity contribution in [2.24, 2.45) is 0 Å². The first-order chi connectivity index (χ1) is 9.18. The first-order valence-electron chi connectivity index (χ1n) is 6.40. The fourth-order valence-corrected chi connectivity index (χ4v) is 2.56. The van der Waals surface area contributed by atoms with Crippen molar-refractivity contribution in [1.29, 1.82) is 0 Å². The van der Waals surface area contributed by atoms with Crippen molar-refractivity contribution >= 4 is 11.8 Å². The van der Waals surface area contributed by atoms with E-state index in [1.54, 1.807) is 18.3 Å². The Hall–Kier alpha value is -1.79. The minimum absolute atomic E-state index is 0.163. The smallest absolute Gasteiger partial charge is 0.280 e. The predicted octanol–water partition coefficient (Wildman–Crippen LogP) is -0.419. The molecule has 6 heteroatoms. The second-order valence-corrected chi connectivity index (χ2v) is 4.96. The van der Waals surface area contributed by atoms with Gasteiger partial charge in [-0.1, -0.05) is 0 Å². The largest absolute Gasteiger partial charge is 0.314 e. The quantitative estimate of drug-likeness (QED) is 0.732. The number of carbonyl (C=O) groups excluding carboxylic acids is 2. The van der Waals surface area contributed by atoms with Gasteiger partial charge >= 0.3 is 0 Å². The minimum Gasteiger partial charge on any atom is -0.314 e. The highest BCUT2D eigenvalue weighted by atomic mass is 16.2. The lowest BCUT2D eigenvalue weighted by molar-refractivity contribution is 0.0586. The third-order valence-electron chi connectivity index (χ3n) is 3.77. The summed E-state index contributed by atoms with van der Waals surface area (Å²) in [6.07, 6.45) is 1.54. The molecule has 1 saturated heterocycles. The van der Waals surface area contributed by atoms with E-state index in [-0.39, 0.29) is 23.6 Å². The number of hydrogen-bond donors (Lipinski definition) is 1. The second-order valence-electron chi connectivity index (χ2n) is 4.96. The van der Waals surface area contributed by atoms with Crippen LogP contribution in [-0.4, -0.2) is 65.9 Å². The fourth-order valence-electron chi connectivity index (χ4n) is 2.56. The van der Waals surface area contributed by atoms with Crippen LogP contribution in [0.4, 0.5) is 0 Å². The summed E-state index contributed by atoms with van der Waals surface area (Å²) >= 11 is 0. The Balaban J connectivity index is 1.80. The number of carbonyl (C=O) groups is 2. The molecule has 3 heterocycles. The van der Waals surface area contributed by atoms with Crippen LogP contribution in [0.3, 0.4) is 0 Å². The molecule has 1 unspecified atom stereocenters. The maximum absolute atomic E-state index is 12.2. The molecule has 0 radical (unpaired) electrons. The van der Waals surface area contributed by atoms with Crippen LogP contribution in [0.1, 0.15) is 20.8 Å². The highest BCUT2D eigenvalue weighted by Crippen LogP contribution is 2.21. The lowest BCUT2D eigenvalue weighted by atomic mass is 10.2. The molecule has 0 aliphatic carbocycles. The van der Waals surface area contributed by atoms with E-state index in [0.29, 0.717) is 12.1 Å². The van der Waals surface area contributed by atoms with Gasteiger partial charge in [0.25, 0.3) is 11.8 Å². The number of imide groups is 1. The molecule has 2 aliphatic heterocycles. The highest BCUT2D eigenvalue weighted by molar-refractivity contribution is 6.20. The van der Waals surface area contributed by atoms with E-state index < -0.39 is 0 Å². The van der Waals surface area contributed by atoms with Gasteiger partial charge in [-0.25, -0.2) is 0 Å². The van der Waals surface area contributed by atoms with Gasteiger partial charge in [0.05, 0.1) is 5.56 Å². The molecule has 3 rings (SSSR count). The third-order valence-corrected chi connectivity index (χ3v) is 3.77. The third kappa shape index (κ3) is 2.02. The van der Waals surface area contributed by atoms with Crippen molar-refractivity contribution < 1.29 is 9.59 Å². The molecular weight excluding hydrogens is 244 g/mol. The summed E-state index contributed by atoms with van der Waals surface area (Å²) in [5, 5.41) is 3.28. The van der Waals surface area contributed by atoms with E-state index >= 15 is 0 Å². The van der Waals surface area contributed by atoms with E-state index in [1.807, 2.05) is 7.05 Å². The number of piperazine rings is 1. The SMILES string of the molecule is CN1CCNCC1CN1C(=O)c2cccnc2C1=O. The molecule has 0 bridgehead atoms. The number of nitrogens with zero attached hydrogens (tertiary/aromatic N) is 3. The van der Waals surface area contributed by atoms with Crippen LogP contribution in [0.25, 0.3) is 0 Å². The Morgan fingerprint density at radius 2 is 2.26 bits per heavy atom. The number of likely N-dealkylation sites (N-methyl/N-ethyl adjacent to an activating group) is 1. The molecule has 1 fully saturated rings. The number of fused-ring (bicyclic) bond motifs is 1. The molecule has 1 atom stereocenters. The summed E-state index contributed by atoms with van der Waals surface area (Å²) in [6.45, 7) is 3.07. The Kier molecular flexibility index (Phi) is 3.04. The number of hydrogen-bond acceptors (Lipinski definition) is 5. The summed E-state index contributed by atoms with van der Waals surface area (Å²) in [4.78, 5) is 31.9. The molecular formula is C13H16N4O2. The number of rotatable bonds is 2. The van der Waals surface area contributed by atoms with Crippen LogP contribution < -0.4 is 5.32 Å². The van der Waals surface area contributed by atoms with Gasteiger partial charge in [-0.2, -0.15) is 0 Å². The average molecular weight is 260 g/mol. The maximum atomic E-state index is 12.2. The van der Waals surface area contributed by atoms with Crippen LogP contribution in [0.5, 0.6) is 0 Å². The fraction of sp³-hybridized carbons (Fsp3) is 0.462. The number of aromatic nitrogens is 1. The van der Waals surface area contributed by atoms with Crippen molar-refractivity contribution in [3.63, 3.8) is 0 Å². The van der Waals surface area contributed by atoms with Gasteiger partial charge in [-0.3, -0.25) is 24.4 Å². The molecule has 1 aromatic heterocycles. The van der Waals surface area contributed by atoms with Gasteiger partial charge in [-0.05, 0) is 19.2 Å². The summed E-state index contributed by atoms with van der Waals surface area (Å²) < 4.78 is 0. The molecule has 2 aliphatic rings. The molecule has 19 heavy (non-hydrogen) atoms. The monoisotopic (exact) mass is 260 g/mol. The highest BCUT2D eigenvalue weighted by Gasteiger charge is 2.38. The first kappa shape index (κ1) is 12.3. The van der Waals surface area contributed by atoms with Gasteiger partial charge in [0.2, 0.25) is 0 Å². The molecule has 2 amide bonds. The molecule has 0 saturated carbocycles. The number of nitrogens with one attached hydrogen (secondary N) is 1. The van der Waals surface area contributed by atoms with Crippen LogP contribution in [0, 0.1) is 0 Å². The van der Waals surface area contributed by atoms with Gasteiger partial charge in [0.15, 0.2) is 0 Å². The predicted molar refractivity (Wildman–Crippen MR) is 68.9 cm³/mol. The van der Waals surface area contributed by atoms with Crippen LogP contribution in [-0.2, 0) is 0 Å². The van der Waals surface area contributed by atoms with Crippen molar-refractivity contribution in [1.82, 2.24) is 20.1 Å². The van der Waals surface area contributed by atoms with E-state index in [0.717, 1.165) is 19.6 Å². The number of amides is 2. The first-order valence-corrected chi connectivity index (χ1v) is 6.40. The van der Waals surface area contributed by atoms with E-state index in [9.17, 15) is 9.59 Å². The van der Waals surface area contributed by atoms with Gasteiger partial charge in [0.1, 0.15) is 5.69 Å². The molecule has 1 N–H and O–H groups in total. The molecule has 0 aromatic carbocycles. The van der Waals surface area contributed by atoms with Crippen LogP contribution in [0.15, 0.2) is 18.3 Å². The Morgan fingerprint density at radius 3 is 3.00 bits per heavy atom. The van der Waals surface area contributed by atoms with Crippen molar-refractivity contribution in [2.45, 2.75) is 6.04 Å². The van der Waals surface area contributed by atoms with Crippen LogP contribution in [0.2, 0.25) is 0 Å². The normalized spacial score (nSPS) is 23.8. The topological polar surface area (TPSA) is 65.5 Å². The molecule has 0 spiro atoms. The van der Waals surface area contributed by atoms with Crippen LogP contribution >= 0.6 is 0 Å². The molecule has 1 aromatic rings. The summed E-state index contributed by atoms with van der Waals surface area (Å²) in [5.41, 5.74) is 0.692. The van der Waals surface area contributed by atoms with E-state index in [1.165, 1.54) is 4.90 Å². The lowest BCUT2D eigenvalue weighted by Gasteiger charge is -2.34. The van der Waals surface area contributed by atoms with Gasteiger partial charge < -0.3 is 5.32 Å². The summed E-state index contributed by atoms with van der Waals surface area (Å²) in [7, 11) is 2.02. The number of pyridine rings is 1. The van der Waals surface area contributed by atoms with E-state index in [4.69, 9.17) is 0 Å². The summed E-state index contributed by atoms with van der Waals surface area (Å²) in [6, 6.07) is 3.50. The average Bonchev–Trinajstić information content (AvgIpc) is 2.67. The standard InChI is InChI=1S/C13H16N4O2/c1-16-6-5-14-7-9(16)8-17-12(18)10-3-2-4-15-11(10)13(17)19/h2-4,9,14H,5-8H2,1H3. The lowest BCUT2D eigenvalue weighted by Crippen LogP contribution is -2.54. The summed E-state index contributed by atoms with van der Waals surface area (Å²) in [5.74, 6) is -0.508. The Labute approximate surface area is 111 Å². The van der Waals surface area contributed by atoms with E-state index in [2.05, 4.69) is 15.2 Å². The molecule has 100 valence electrons. The zero-order chi connectivity index (χ0) is 13.4. The zero-order valence-corrected chi connectivity index (χ0v) is 10.8. The molecule has 6 nitrogen and oxygen atoms in total.